The van der Waals surface area contributed by atoms with Gasteiger partial charge in [-0.15, -0.1) is 0 Å². The lowest BCUT2D eigenvalue weighted by molar-refractivity contribution is -0.692. The highest BCUT2D eigenvalue weighted by molar-refractivity contribution is 7.91. The van der Waals surface area contributed by atoms with E-state index in [1.807, 2.05) is 6.07 Å². The van der Waals surface area contributed by atoms with Gasteiger partial charge in [-0.2, -0.15) is 0 Å². The number of ether oxygens (including phenoxy) is 1. The van der Waals surface area contributed by atoms with Crippen LogP contribution in [0.4, 0.5) is 8.78 Å². The fraction of sp³-hybridized carbons (Fsp3) is 0.182. The predicted molar refractivity (Wildman–Crippen MR) is 166 cm³/mol. The van der Waals surface area contributed by atoms with E-state index in [9.17, 15) is 26.9 Å². The molecule has 240 valence electrons. The summed E-state index contributed by atoms with van der Waals surface area (Å²) in [6, 6.07) is 22.4. The molecule has 0 amide bonds. The average molecular weight is 661 g/mol. The lowest BCUT2D eigenvalue weighted by Gasteiger charge is -2.19. The smallest absolute Gasteiger partial charge is 0.286 e. The maximum atomic E-state index is 14.9. The van der Waals surface area contributed by atoms with Gasteiger partial charge in [-0.25, -0.2) is 27.2 Å². The Bertz CT molecular complexity index is 2300. The molecule has 1 unspecified atom stereocenters. The number of hydrogen-bond donors (Lipinski definition) is 1. The molecule has 0 radical (unpaired) electrons. The number of fused-ring (bicyclic) bond motifs is 1. The molecule has 0 spiro atoms. The summed E-state index contributed by atoms with van der Waals surface area (Å²) in [5.41, 5.74) is 1.94. The minimum atomic E-state index is -4.08. The summed E-state index contributed by atoms with van der Waals surface area (Å²) in [5.74, 6) is -1.88. The normalized spacial score (nSPS) is 12.4. The molecule has 47 heavy (non-hydrogen) atoms. The molecule has 0 saturated heterocycles. The molecule has 6 rings (SSSR count). The van der Waals surface area contributed by atoms with Crippen molar-refractivity contribution in [2.24, 2.45) is 0 Å². The van der Waals surface area contributed by atoms with Crippen molar-refractivity contribution in [2.45, 2.75) is 37.8 Å². The highest BCUT2D eigenvalue weighted by Gasteiger charge is 2.24. The lowest BCUT2D eigenvalue weighted by Crippen LogP contribution is -2.23. The number of hydrogen-bond acceptors (Lipinski definition) is 8. The molecule has 3 aromatic carbocycles. The Hall–Kier alpha value is -5.34. The molecular formula is C33H28F2N5O6S+. The number of aromatic nitrogens is 5. The first-order valence-corrected chi connectivity index (χ1v) is 16.1. The predicted octanol–water partition coefficient (Wildman–Crippen LogP) is 5.05. The summed E-state index contributed by atoms with van der Waals surface area (Å²) in [4.78, 5) is 32.8. The van der Waals surface area contributed by atoms with Crippen LogP contribution in [0.25, 0.3) is 22.3 Å². The Morgan fingerprint density at radius 1 is 0.979 bits per heavy atom. The maximum Gasteiger partial charge on any atom is 0.286 e. The Kier molecular flexibility index (Phi) is 8.87. The van der Waals surface area contributed by atoms with Gasteiger partial charge in [-0.3, -0.25) is 4.79 Å². The average Bonchev–Trinajstić information content (AvgIpc) is 3.43. The third-order valence-electron chi connectivity index (χ3n) is 7.52. The van der Waals surface area contributed by atoms with Crippen LogP contribution in [-0.4, -0.2) is 33.9 Å². The molecule has 0 aliphatic heterocycles. The molecule has 3 heterocycles. The molecule has 11 nitrogen and oxygen atoms in total. The van der Waals surface area contributed by atoms with Crippen molar-refractivity contribution >= 4 is 20.9 Å². The number of benzene rings is 3. The second kappa shape index (κ2) is 13.2. The quantitative estimate of drug-likeness (QED) is 0.190. The van der Waals surface area contributed by atoms with Crippen LogP contribution in [0.1, 0.15) is 34.9 Å². The first-order valence-electron chi connectivity index (χ1n) is 14.5. The van der Waals surface area contributed by atoms with Crippen molar-refractivity contribution < 1.29 is 31.2 Å². The van der Waals surface area contributed by atoms with Crippen LogP contribution < -0.4 is 10.2 Å². The molecule has 0 aliphatic rings. The molecule has 0 fully saturated rings. The van der Waals surface area contributed by atoms with Crippen molar-refractivity contribution in [1.82, 2.24) is 19.7 Å². The third kappa shape index (κ3) is 7.08. The van der Waals surface area contributed by atoms with Gasteiger partial charge in [0.2, 0.25) is 20.5 Å². The number of nitrogens with zero attached hydrogens (tertiary/aromatic N) is 4. The summed E-state index contributed by atoms with van der Waals surface area (Å²) >= 11 is 0. The summed E-state index contributed by atoms with van der Waals surface area (Å²) in [7, 11) is -4.08. The molecule has 0 aliphatic carbocycles. The van der Waals surface area contributed by atoms with Crippen LogP contribution in [0.3, 0.4) is 0 Å². The summed E-state index contributed by atoms with van der Waals surface area (Å²) in [5, 5.41) is 2.00. The zero-order valence-electron chi connectivity index (χ0n) is 25.0. The largest absolute Gasteiger partial charge is 0.369 e. The van der Waals surface area contributed by atoms with Gasteiger partial charge in [0.15, 0.2) is 10.4 Å². The number of rotatable bonds is 11. The standard InChI is InChI=1S/C33H28F2N5O6S/c1-21-15-28(25-17-27(35)32(41)39(19-25)18-22-11-12-30-29(16-22)38-46-40(30)42)37-33(36-21)47(43,44)14-13-31(23-7-3-2-4-8-23)45-20-24-9-5-6-10-26(24)34/h2-12,15-17,19,31,38H,13-14,18,20H2,1H3/q+1. The second-order valence-electron chi connectivity index (χ2n) is 10.9. The zero-order valence-corrected chi connectivity index (χ0v) is 25.8. The van der Waals surface area contributed by atoms with Gasteiger partial charge in [0.25, 0.3) is 11.1 Å². The van der Waals surface area contributed by atoms with Crippen molar-refractivity contribution in [1.29, 1.82) is 0 Å². The molecule has 14 heteroatoms. The second-order valence-corrected chi connectivity index (χ2v) is 12.9. The van der Waals surface area contributed by atoms with Crippen molar-refractivity contribution in [3.63, 3.8) is 0 Å². The molecule has 3 aromatic heterocycles. The Morgan fingerprint density at radius 3 is 2.53 bits per heavy atom. The topological polar surface area (TPSA) is 143 Å². The van der Waals surface area contributed by atoms with Crippen LogP contribution in [0.2, 0.25) is 0 Å². The molecule has 1 atom stereocenters. The van der Waals surface area contributed by atoms with Crippen LogP contribution in [-0.2, 0) is 27.7 Å². The first kappa shape index (κ1) is 31.6. The van der Waals surface area contributed by atoms with E-state index in [-0.39, 0.29) is 36.3 Å². The van der Waals surface area contributed by atoms with Gasteiger partial charge in [0.1, 0.15) is 5.82 Å². The number of aromatic amines is 1. The van der Waals surface area contributed by atoms with Gasteiger partial charge in [0, 0.05) is 23.0 Å². The van der Waals surface area contributed by atoms with Gasteiger partial charge in [-0.1, -0.05) is 64.4 Å². The fourth-order valence-corrected chi connectivity index (χ4v) is 6.34. The highest BCUT2D eigenvalue weighted by atomic mass is 32.2. The third-order valence-corrected chi connectivity index (χ3v) is 9.03. The highest BCUT2D eigenvalue weighted by Crippen LogP contribution is 2.26. The van der Waals surface area contributed by atoms with Crippen molar-refractivity contribution in [3.8, 4) is 11.3 Å². The van der Waals surface area contributed by atoms with Gasteiger partial charge in [-0.05, 0) is 59.7 Å². The Morgan fingerprint density at radius 2 is 1.74 bits per heavy atom. The first-order chi connectivity index (χ1) is 22.6. The number of pyridine rings is 1. The Balaban J connectivity index is 1.25. The lowest BCUT2D eigenvalue weighted by atomic mass is 10.1. The number of sulfone groups is 1. The monoisotopic (exact) mass is 660 g/mol. The van der Waals surface area contributed by atoms with Crippen molar-refractivity contribution in [3.05, 3.63) is 140 Å². The van der Waals surface area contributed by atoms with Crippen molar-refractivity contribution in [2.75, 3.05) is 5.75 Å². The Labute approximate surface area is 266 Å². The number of nitrogens with one attached hydrogen (secondary N) is 1. The van der Waals surface area contributed by atoms with Crippen LogP contribution in [0.15, 0.2) is 106 Å². The summed E-state index contributed by atoms with van der Waals surface area (Å²) < 4.78 is 68.4. The van der Waals surface area contributed by atoms with Crippen LogP contribution in [0, 0.1) is 23.5 Å². The number of H-pyrrole nitrogens is 1. The number of aryl methyl sites for hydroxylation is 1. The van der Waals surface area contributed by atoms with E-state index in [0.717, 1.165) is 16.2 Å². The zero-order chi connectivity index (χ0) is 33.1. The molecule has 0 bridgehead atoms. The minimum Gasteiger partial charge on any atom is -0.369 e. The van der Waals surface area contributed by atoms with E-state index in [4.69, 9.17) is 9.37 Å². The SMILES string of the molecule is Cc1cc(-c2cc(F)c(=O)n(Cc3ccc4c(c3)[nH]o[n+]4=O)c2)nc(S(=O)(=O)CCC(OCc2ccccc2F)c2ccccc2)n1. The molecule has 1 N–H and O–H groups in total. The maximum absolute atomic E-state index is 14.9. The fourth-order valence-electron chi connectivity index (χ4n) is 5.12. The molecule has 0 saturated carbocycles. The van der Waals surface area contributed by atoms with E-state index in [1.165, 1.54) is 24.4 Å². The van der Waals surface area contributed by atoms with Crippen LogP contribution >= 0.6 is 0 Å². The van der Waals surface area contributed by atoms with E-state index < -0.39 is 44.0 Å². The molecular weight excluding hydrogens is 632 g/mol. The minimum absolute atomic E-state index is 0.0255. The summed E-state index contributed by atoms with van der Waals surface area (Å²) in [6.45, 7) is 1.46. The van der Waals surface area contributed by atoms with Gasteiger partial charge >= 0.3 is 0 Å². The molecule has 6 aromatic rings. The van der Waals surface area contributed by atoms with E-state index in [1.54, 1.807) is 61.5 Å². The van der Waals surface area contributed by atoms with E-state index >= 15 is 0 Å². The van der Waals surface area contributed by atoms with Crippen LogP contribution in [0.5, 0.6) is 0 Å². The van der Waals surface area contributed by atoms with Gasteiger partial charge < -0.3 is 9.30 Å². The van der Waals surface area contributed by atoms with Gasteiger partial charge in [0.05, 0.1) is 30.7 Å². The van der Waals surface area contributed by atoms with E-state index in [2.05, 4.69) is 15.1 Å². The van der Waals surface area contributed by atoms with E-state index in [0.29, 0.717) is 26.9 Å². The summed E-state index contributed by atoms with van der Waals surface area (Å²) in [6.07, 6.45) is 0.727. The number of halogens is 2.